The zero-order valence-electron chi connectivity index (χ0n) is 20.3. The maximum Gasteiger partial charge on any atom is 0.275 e. The smallest absolute Gasteiger partial charge is 0.275 e. The fraction of sp³-hybridized carbons (Fsp3) is 0.222. The third-order valence-electron chi connectivity index (χ3n) is 4.94. The fourth-order valence-electron chi connectivity index (χ4n) is 3.18. The van der Waals surface area contributed by atoms with E-state index in [1.807, 2.05) is 51.1 Å². The van der Waals surface area contributed by atoms with Gasteiger partial charge in [-0.3, -0.25) is 9.59 Å². The Morgan fingerprint density at radius 2 is 1.63 bits per heavy atom. The molecule has 2 N–H and O–H groups in total. The van der Waals surface area contributed by atoms with Crippen LogP contribution in [0, 0.1) is 13.8 Å². The molecule has 0 aromatic heterocycles. The molecule has 182 valence electrons. The number of nitrogens with zero attached hydrogens (tertiary/aromatic N) is 1. The molecular formula is C27H29N3O5. The average molecular weight is 476 g/mol. The molecule has 0 bridgehead atoms. The Kier molecular flexibility index (Phi) is 8.83. The second kappa shape index (κ2) is 12.2. The van der Waals surface area contributed by atoms with Crippen LogP contribution in [-0.4, -0.2) is 38.4 Å². The molecule has 3 aromatic rings. The Bertz CT molecular complexity index is 1210. The molecule has 3 aromatic carbocycles. The lowest BCUT2D eigenvalue weighted by molar-refractivity contribution is -0.118. The molecule has 8 heteroatoms. The van der Waals surface area contributed by atoms with E-state index in [2.05, 4.69) is 15.8 Å². The first-order valence-electron chi connectivity index (χ1n) is 11.1. The minimum absolute atomic E-state index is 0.171. The van der Waals surface area contributed by atoms with E-state index in [4.69, 9.17) is 14.2 Å². The van der Waals surface area contributed by atoms with Crippen LogP contribution in [-0.2, 0) is 4.79 Å². The Morgan fingerprint density at radius 3 is 2.34 bits per heavy atom. The number of benzene rings is 3. The van der Waals surface area contributed by atoms with E-state index in [9.17, 15) is 9.59 Å². The van der Waals surface area contributed by atoms with E-state index in [0.29, 0.717) is 40.7 Å². The van der Waals surface area contributed by atoms with Gasteiger partial charge in [-0.2, -0.15) is 5.10 Å². The van der Waals surface area contributed by atoms with Crippen molar-refractivity contribution in [3.8, 4) is 17.2 Å². The molecule has 0 saturated carbocycles. The lowest BCUT2D eigenvalue weighted by atomic mass is 10.1. The van der Waals surface area contributed by atoms with Crippen molar-refractivity contribution in [2.75, 3.05) is 25.6 Å². The lowest BCUT2D eigenvalue weighted by Crippen LogP contribution is -2.20. The van der Waals surface area contributed by atoms with Gasteiger partial charge in [-0.1, -0.05) is 23.8 Å². The van der Waals surface area contributed by atoms with Crippen LogP contribution in [0.4, 0.5) is 5.69 Å². The summed E-state index contributed by atoms with van der Waals surface area (Å²) in [6.45, 7) is 5.99. The van der Waals surface area contributed by atoms with Crippen molar-refractivity contribution in [1.82, 2.24) is 5.43 Å². The summed E-state index contributed by atoms with van der Waals surface area (Å²) in [5.41, 5.74) is 6.36. The standard InChI is InChI=1S/C27H29N3O5/c1-5-34-25-15-20(16-28-30-27(32)22-12-8-19(3)14-24(22)33-4)9-13-23(25)35-17-26(31)29-21-10-6-18(2)7-11-21/h6-16H,5,17H2,1-4H3,(H,29,31)(H,30,32)/b28-16-. The van der Waals surface area contributed by atoms with Gasteiger partial charge < -0.3 is 19.5 Å². The van der Waals surface area contributed by atoms with Crippen LogP contribution in [0.25, 0.3) is 0 Å². The Balaban J connectivity index is 1.62. The summed E-state index contributed by atoms with van der Waals surface area (Å²) in [4.78, 5) is 24.7. The van der Waals surface area contributed by atoms with Crippen LogP contribution in [0.5, 0.6) is 17.2 Å². The number of aryl methyl sites for hydroxylation is 2. The van der Waals surface area contributed by atoms with Crippen molar-refractivity contribution in [3.05, 3.63) is 82.9 Å². The first-order chi connectivity index (χ1) is 16.9. The molecule has 0 spiro atoms. The van der Waals surface area contributed by atoms with E-state index in [-0.39, 0.29) is 18.4 Å². The molecule has 0 unspecified atom stereocenters. The van der Waals surface area contributed by atoms with Crippen molar-refractivity contribution in [2.24, 2.45) is 5.10 Å². The molecule has 3 rings (SSSR count). The fourth-order valence-corrected chi connectivity index (χ4v) is 3.18. The zero-order chi connectivity index (χ0) is 25.2. The largest absolute Gasteiger partial charge is 0.496 e. The quantitative estimate of drug-likeness (QED) is 0.333. The van der Waals surface area contributed by atoms with E-state index in [0.717, 1.165) is 11.1 Å². The highest BCUT2D eigenvalue weighted by atomic mass is 16.5. The molecule has 2 amide bonds. The van der Waals surface area contributed by atoms with Gasteiger partial charge in [0.15, 0.2) is 18.1 Å². The normalized spacial score (nSPS) is 10.6. The number of ether oxygens (including phenoxy) is 3. The monoisotopic (exact) mass is 475 g/mol. The zero-order valence-corrected chi connectivity index (χ0v) is 20.3. The van der Waals surface area contributed by atoms with Crippen LogP contribution in [0.1, 0.15) is 34.0 Å². The third kappa shape index (κ3) is 7.33. The van der Waals surface area contributed by atoms with Crippen LogP contribution >= 0.6 is 0 Å². The van der Waals surface area contributed by atoms with Gasteiger partial charge in [0.05, 0.1) is 25.5 Å². The van der Waals surface area contributed by atoms with E-state index in [1.165, 1.54) is 13.3 Å². The van der Waals surface area contributed by atoms with Crippen LogP contribution in [0.2, 0.25) is 0 Å². The van der Waals surface area contributed by atoms with Gasteiger partial charge in [0.2, 0.25) is 0 Å². The number of hydrogen-bond acceptors (Lipinski definition) is 6. The number of anilines is 1. The SMILES string of the molecule is CCOc1cc(/C=N\NC(=O)c2ccc(C)cc2OC)ccc1OCC(=O)Nc1ccc(C)cc1. The lowest BCUT2D eigenvalue weighted by Gasteiger charge is -2.13. The summed E-state index contributed by atoms with van der Waals surface area (Å²) in [5, 5.41) is 6.82. The van der Waals surface area contributed by atoms with Crippen molar-refractivity contribution >= 4 is 23.7 Å². The van der Waals surface area contributed by atoms with E-state index in [1.54, 1.807) is 30.3 Å². The Labute approximate surface area is 204 Å². The number of amides is 2. The van der Waals surface area contributed by atoms with Gasteiger partial charge >= 0.3 is 0 Å². The summed E-state index contributed by atoms with van der Waals surface area (Å²) < 4.78 is 16.6. The first-order valence-corrected chi connectivity index (χ1v) is 11.1. The van der Waals surface area contributed by atoms with E-state index >= 15 is 0 Å². The molecule has 8 nitrogen and oxygen atoms in total. The van der Waals surface area contributed by atoms with Gasteiger partial charge in [0, 0.05) is 5.69 Å². The van der Waals surface area contributed by atoms with Crippen LogP contribution in [0.3, 0.4) is 0 Å². The van der Waals surface area contributed by atoms with Crippen LogP contribution < -0.4 is 25.0 Å². The Hall–Kier alpha value is -4.33. The van der Waals surface area contributed by atoms with Gasteiger partial charge in [-0.25, -0.2) is 5.43 Å². The molecule has 0 aliphatic carbocycles. The maximum absolute atomic E-state index is 12.5. The van der Waals surface area contributed by atoms with Gasteiger partial charge in [0.25, 0.3) is 11.8 Å². The summed E-state index contributed by atoms with van der Waals surface area (Å²) in [5.74, 6) is 0.700. The molecule has 0 aliphatic rings. The van der Waals surface area contributed by atoms with Crippen LogP contribution in [0.15, 0.2) is 65.8 Å². The molecule has 0 saturated heterocycles. The van der Waals surface area contributed by atoms with Crippen molar-refractivity contribution in [3.63, 3.8) is 0 Å². The van der Waals surface area contributed by atoms with Gasteiger partial charge in [-0.15, -0.1) is 0 Å². The molecule has 0 radical (unpaired) electrons. The topological polar surface area (TPSA) is 98.2 Å². The third-order valence-corrected chi connectivity index (χ3v) is 4.94. The van der Waals surface area contributed by atoms with E-state index < -0.39 is 0 Å². The van der Waals surface area contributed by atoms with Gasteiger partial charge in [-0.05, 0) is 74.4 Å². The number of hydrogen-bond donors (Lipinski definition) is 2. The number of carbonyl (C=O) groups is 2. The maximum atomic E-state index is 12.5. The number of methoxy groups -OCH3 is 1. The predicted octanol–water partition coefficient (Wildman–Crippen LogP) is 4.49. The first kappa shape index (κ1) is 25.3. The highest BCUT2D eigenvalue weighted by Crippen LogP contribution is 2.28. The van der Waals surface area contributed by atoms with Crippen molar-refractivity contribution in [1.29, 1.82) is 0 Å². The number of carbonyl (C=O) groups excluding carboxylic acids is 2. The molecule has 0 heterocycles. The summed E-state index contributed by atoms with van der Waals surface area (Å²) >= 11 is 0. The van der Waals surface area contributed by atoms with Crippen molar-refractivity contribution in [2.45, 2.75) is 20.8 Å². The molecule has 0 fully saturated rings. The minimum atomic E-state index is -0.386. The van der Waals surface area contributed by atoms with Gasteiger partial charge in [0.1, 0.15) is 5.75 Å². The second-order valence-electron chi connectivity index (χ2n) is 7.74. The molecule has 0 atom stereocenters. The summed E-state index contributed by atoms with van der Waals surface area (Å²) in [6, 6.07) is 18.0. The van der Waals surface area contributed by atoms with Crippen molar-refractivity contribution < 1.29 is 23.8 Å². The average Bonchev–Trinajstić information content (AvgIpc) is 2.85. The minimum Gasteiger partial charge on any atom is -0.496 e. The Morgan fingerprint density at radius 1 is 0.886 bits per heavy atom. The molecule has 35 heavy (non-hydrogen) atoms. The number of rotatable bonds is 10. The highest BCUT2D eigenvalue weighted by molar-refractivity contribution is 5.97. The molecule has 0 aliphatic heterocycles. The highest BCUT2D eigenvalue weighted by Gasteiger charge is 2.12. The number of hydrazone groups is 1. The molecular weight excluding hydrogens is 446 g/mol. The summed E-state index contributed by atoms with van der Waals surface area (Å²) in [7, 11) is 1.51. The summed E-state index contributed by atoms with van der Waals surface area (Å²) in [6.07, 6.45) is 1.50. The number of nitrogens with one attached hydrogen (secondary N) is 2. The predicted molar refractivity (Wildman–Crippen MR) is 136 cm³/mol. The second-order valence-corrected chi connectivity index (χ2v) is 7.74.